The van der Waals surface area contributed by atoms with Gasteiger partial charge in [0.15, 0.2) is 5.96 Å². The highest BCUT2D eigenvalue weighted by Gasteiger charge is 2.21. The predicted molar refractivity (Wildman–Crippen MR) is 101 cm³/mol. The molecule has 0 amide bonds. The van der Waals surface area contributed by atoms with E-state index in [0.717, 1.165) is 36.0 Å². The number of rotatable bonds is 9. The summed E-state index contributed by atoms with van der Waals surface area (Å²) in [5.41, 5.74) is 1.21. The molecule has 2 rings (SSSR count). The predicted octanol–water partition coefficient (Wildman–Crippen LogP) is 2.63. The molecule has 1 aliphatic rings. The molecular weight excluding hydrogens is 370 g/mol. The zero-order valence-electron chi connectivity index (χ0n) is 14.5. The molecule has 1 aromatic rings. The minimum Gasteiger partial charge on any atom is -0.389 e. The maximum Gasteiger partial charge on any atom is 0.194 e. The highest BCUT2D eigenvalue weighted by Crippen LogP contribution is 2.28. The van der Waals surface area contributed by atoms with Gasteiger partial charge in [-0.1, -0.05) is 28.1 Å². The molecule has 1 fully saturated rings. The third-order valence-electron chi connectivity index (χ3n) is 3.84. The second kappa shape index (κ2) is 10.0. The summed E-state index contributed by atoms with van der Waals surface area (Å²) < 4.78 is 6.59. The van der Waals surface area contributed by atoms with E-state index in [9.17, 15) is 5.11 Å². The van der Waals surface area contributed by atoms with Gasteiger partial charge in [0.05, 0.1) is 19.3 Å². The number of benzene rings is 1. The molecule has 0 aliphatic heterocycles. The highest BCUT2D eigenvalue weighted by molar-refractivity contribution is 9.10. The molecule has 24 heavy (non-hydrogen) atoms. The van der Waals surface area contributed by atoms with Gasteiger partial charge in [0.1, 0.15) is 0 Å². The van der Waals surface area contributed by atoms with Crippen LogP contribution in [0.5, 0.6) is 0 Å². The van der Waals surface area contributed by atoms with Gasteiger partial charge in [-0.05, 0) is 43.4 Å². The Kier molecular flexibility index (Phi) is 8.02. The minimum atomic E-state index is -0.557. The van der Waals surface area contributed by atoms with Crippen LogP contribution in [0.25, 0.3) is 0 Å². The van der Waals surface area contributed by atoms with E-state index in [4.69, 9.17) is 4.74 Å². The molecule has 134 valence electrons. The van der Waals surface area contributed by atoms with Crippen molar-refractivity contribution in [2.45, 2.75) is 32.4 Å². The molecule has 0 radical (unpaired) electrons. The van der Waals surface area contributed by atoms with Gasteiger partial charge in [-0.3, -0.25) is 4.99 Å². The van der Waals surface area contributed by atoms with Gasteiger partial charge < -0.3 is 20.1 Å². The summed E-state index contributed by atoms with van der Waals surface area (Å²) in [5.74, 6) is 1.51. The number of hydrogen-bond acceptors (Lipinski definition) is 3. The van der Waals surface area contributed by atoms with Crippen molar-refractivity contribution in [3.63, 3.8) is 0 Å². The number of hydrogen-bond donors (Lipinski definition) is 2. The first-order valence-electron chi connectivity index (χ1n) is 8.58. The van der Waals surface area contributed by atoms with E-state index < -0.39 is 6.10 Å². The number of halogens is 1. The normalized spacial score (nSPS) is 16.1. The Bertz CT molecular complexity index is 518. The Morgan fingerprint density at radius 1 is 1.42 bits per heavy atom. The van der Waals surface area contributed by atoms with Crippen molar-refractivity contribution in [3.05, 3.63) is 34.3 Å². The number of nitrogens with zero attached hydrogens (tertiary/aromatic N) is 2. The standard InChI is InChI=1S/C18H28BrN3O2/c1-3-20-18(21-10-17(23)13-24-12-15-4-5-15)22(2)11-14-6-8-16(19)9-7-14/h6-9,15,17,23H,3-5,10-13H2,1-2H3,(H,20,21). The fourth-order valence-corrected chi connectivity index (χ4v) is 2.57. The Balaban J connectivity index is 1.82. The van der Waals surface area contributed by atoms with E-state index in [-0.39, 0.29) is 0 Å². The average molecular weight is 398 g/mol. The van der Waals surface area contributed by atoms with E-state index >= 15 is 0 Å². The van der Waals surface area contributed by atoms with Crippen molar-refractivity contribution in [3.8, 4) is 0 Å². The Morgan fingerprint density at radius 2 is 2.12 bits per heavy atom. The second-order valence-corrected chi connectivity index (χ2v) is 7.23. The van der Waals surface area contributed by atoms with Crippen LogP contribution in [-0.4, -0.2) is 55.4 Å². The molecule has 1 saturated carbocycles. The summed E-state index contributed by atoms with van der Waals surface area (Å²) in [6, 6.07) is 8.25. The summed E-state index contributed by atoms with van der Waals surface area (Å²) in [5, 5.41) is 13.3. The first-order valence-corrected chi connectivity index (χ1v) is 9.37. The SMILES string of the molecule is CCNC(=NCC(O)COCC1CC1)N(C)Cc1ccc(Br)cc1. The first kappa shape index (κ1) is 19.2. The lowest BCUT2D eigenvalue weighted by atomic mass is 10.2. The molecule has 0 saturated heterocycles. The minimum absolute atomic E-state index is 0.345. The van der Waals surface area contributed by atoms with Gasteiger partial charge >= 0.3 is 0 Å². The maximum atomic E-state index is 10.0. The molecular formula is C18H28BrN3O2. The number of ether oxygens (including phenoxy) is 1. The Morgan fingerprint density at radius 3 is 2.75 bits per heavy atom. The van der Waals surface area contributed by atoms with Crippen molar-refractivity contribution >= 4 is 21.9 Å². The average Bonchev–Trinajstić information content (AvgIpc) is 3.37. The van der Waals surface area contributed by atoms with Crippen molar-refractivity contribution in [2.75, 3.05) is 33.4 Å². The maximum absolute atomic E-state index is 10.0. The van der Waals surface area contributed by atoms with Crippen molar-refractivity contribution in [2.24, 2.45) is 10.9 Å². The lowest BCUT2D eigenvalue weighted by Gasteiger charge is -2.22. The zero-order valence-corrected chi connectivity index (χ0v) is 16.1. The lowest BCUT2D eigenvalue weighted by molar-refractivity contribution is 0.0367. The van der Waals surface area contributed by atoms with Gasteiger partial charge in [0, 0.05) is 31.2 Å². The van der Waals surface area contributed by atoms with Crippen LogP contribution in [0.2, 0.25) is 0 Å². The Labute approximate surface area is 153 Å². The molecule has 6 heteroatoms. The van der Waals surface area contributed by atoms with Gasteiger partial charge in [-0.2, -0.15) is 0 Å². The van der Waals surface area contributed by atoms with E-state index in [1.165, 1.54) is 18.4 Å². The van der Waals surface area contributed by atoms with Crippen LogP contribution in [-0.2, 0) is 11.3 Å². The molecule has 0 bridgehead atoms. The van der Waals surface area contributed by atoms with Crippen LogP contribution in [0.15, 0.2) is 33.7 Å². The molecule has 2 N–H and O–H groups in total. The van der Waals surface area contributed by atoms with Crippen LogP contribution in [0.3, 0.4) is 0 Å². The number of guanidine groups is 1. The number of aliphatic hydroxyl groups excluding tert-OH is 1. The van der Waals surface area contributed by atoms with E-state index in [1.807, 2.05) is 26.1 Å². The van der Waals surface area contributed by atoms with Crippen molar-refractivity contribution in [1.82, 2.24) is 10.2 Å². The third kappa shape index (κ3) is 7.20. The first-order chi connectivity index (χ1) is 11.6. The summed E-state index contributed by atoms with van der Waals surface area (Å²) >= 11 is 3.45. The summed E-state index contributed by atoms with van der Waals surface area (Å²) in [7, 11) is 2.00. The largest absolute Gasteiger partial charge is 0.389 e. The fourth-order valence-electron chi connectivity index (χ4n) is 2.31. The number of aliphatic imine (C=N–C) groups is 1. The van der Waals surface area contributed by atoms with Crippen LogP contribution in [0, 0.1) is 5.92 Å². The molecule has 0 aromatic heterocycles. The Hall–Kier alpha value is -1.11. The van der Waals surface area contributed by atoms with E-state index in [0.29, 0.717) is 13.2 Å². The van der Waals surface area contributed by atoms with Crippen molar-refractivity contribution in [1.29, 1.82) is 0 Å². The quantitative estimate of drug-likeness (QED) is 0.496. The van der Waals surface area contributed by atoms with E-state index in [2.05, 4.69) is 43.3 Å². The van der Waals surface area contributed by atoms with Crippen LogP contribution in [0.4, 0.5) is 0 Å². The third-order valence-corrected chi connectivity index (χ3v) is 4.37. The molecule has 0 heterocycles. The molecule has 1 unspecified atom stereocenters. The van der Waals surface area contributed by atoms with Crippen LogP contribution >= 0.6 is 15.9 Å². The number of nitrogens with one attached hydrogen (secondary N) is 1. The van der Waals surface area contributed by atoms with E-state index in [1.54, 1.807) is 0 Å². The zero-order chi connectivity index (χ0) is 17.4. The van der Waals surface area contributed by atoms with Gasteiger partial charge in [-0.25, -0.2) is 0 Å². The number of aliphatic hydroxyl groups is 1. The summed E-state index contributed by atoms with van der Waals surface area (Å²) in [4.78, 5) is 6.59. The monoisotopic (exact) mass is 397 g/mol. The van der Waals surface area contributed by atoms with Crippen LogP contribution in [0.1, 0.15) is 25.3 Å². The molecule has 5 nitrogen and oxygen atoms in total. The molecule has 1 aliphatic carbocycles. The summed E-state index contributed by atoms with van der Waals surface area (Å²) in [6.07, 6.45) is 1.97. The van der Waals surface area contributed by atoms with Gasteiger partial charge in [-0.15, -0.1) is 0 Å². The topological polar surface area (TPSA) is 57.1 Å². The second-order valence-electron chi connectivity index (χ2n) is 6.31. The van der Waals surface area contributed by atoms with Gasteiger partial charge in [0.2, 0.25) is 0 Å². The highest BCUT2D eigenvalue weighted by atomic mass is 79.9. The summed E-state index contributed by atoms with van der Waals surface area (Å²) in [6.45, 7) is 5.06. The molecule has 0 spiro atoms. The fraction of sp³-hybridized carbons (Fsp3) is 0.611. The molecule has 1 aromatic carbocycles. The molecule has 1 atom stereocenters. The lowest BCUT2D eigenvalue weighted by Crippen LogP contribution is -2.39. The van der Waals surface area contributed by atoms with Crippen LogP contribution < -0.4 is 5.32 Å². The smallest absolute Gasteiger partial charge is 0.194 e. The van der Waals surface area contributed by atoms with Crippen molar-refractivity contribution < 1.29 is 9.84 Å². The van der Waals surface area contributed by atoms with Gasteiger partial charge in [0.25, 0.3) is 0 Å².